The van der Waals surface area contributed by atoms with E-state index in [1.165, 1.54) is 0 Å². The van der Waals surface area contributed by atoms with E-state index in [4.69, 9.17) is 25.8 Å². The summed E-state index contributed by atoms with van der Waals surface area (Å²) in [5.74, 6) is 1.68. The molecule has 0 aliphatic heterocycles. The van der Waals surface area contributed by atoms with Crippen molar-refractivity contribution in [3.05, 3.63) is 53.1 Å². The minimum Gasteiger partial charge on any atom is -0.493 e. The smallest absolute Gasteiger partial charge is 0.261 e. The zero-order valence-electron chi connectivity index (χ0n) is 15.4. The van der Waals surface area contributed by atoms with Crippen LogP contribution in [-0.2, 0) is 4.79 Å². The van der Waals surface area contributed by atoms with Gasteiger partial charge in [0.05, 0.1) is 20.3 Å². The van der Waals surface area contributed by atoms with Gasteiger partial charge in [-0.2, -0.15) is 0 Å². The number of amides is 1. The van der Waals surface area contributed by atoms with Crippen LogP contribution < -0.4 is 19.5 Å². The number of hydrogen-bond donors (Lipinski definition) is 1. The average Bonchev–Trinajstić information content (AvgIpc) is 2.67. The van der Waals surface area contributed by atoms with Crippen LogP contribution in [-0.4, -0.2) is 26.2 Å². The third-order valence-corrected chi connectivity index (χ3v) is 4.28. The molecular weight excluding hydrogens is 354 g/mol. The van der Waals surface area contributed by atoms with Gasteiger partial charge in [-0.05, 0) is 55.3 Å². The van der Waals surface area contributed by atoms with Gasteiger partial charge in [-0.1, -0.05) is 24.6 Å². The molecule has 0 heterocycles. The highest BCUT2D eigenvalue weighted by molar-refractivity contribution is 6.30. The van der Waals surface area contributed by atoms with Crippen molar-refractivity contribution in [3.8, 4) is 17.2 Å². The van der Waals surface area contributed by atoms with Crippen molar-refractivity contribution in [3.63, 3.8) is 0 Å². The highest BCUT2D eigenvalue weighted by atomic mass is 35.5. The Morgan fingerprint density at radius 3 is 2.31 bits per heavy atom. The van der Waals surface area contributed by atoms with Gasteiger partial charge in [0.1, 0.15) is 5.75 Å². The van der Waals surface area contributed by atoms with Gasteiger partial charge in [0.25, 0.3) is 5.91 Å². The van der Waals surface area contributed by atoms with Crippen LogP contribution in [0.1, 0.15) is 31.9 Å². The summed E-state index contributed by atoms with van der Waals surface area (Å²) in [6.07, 6.45) is 0.0971. The summed E-state index contributed by atoms with van der Waals surface area (Å²) in [5, 5.41) is 3.64. The second-order valence-electron chi connectivity index (χ2n) is 5.80. The number of benzene rings is 2. The molecule has 0 spiro atoms. The molecular formula is C20H24ClNO4. The number of rotatable bonds is 8. The molecule has 2 rings (SSSR count). The minimum atomic E-state index is -0.634. The van der Waals surface area contributed by atoms with Crippen LogP contribution in [0.3, 0.4) is 0 Å². The first-order valence-corrected chi connectivity index (χ1v) is 8.80. The fourth-order valence-electron chi connectivity index (χ4n) is 2.55. The van der Waals surface area contributed by atoms with Gasteiger partial charge in [0.2, 0.25) is 0 Å². The van der Waals surface area contributed by atoms with Gasteiger partial charge in [-0.3, -0.25) is 4.79 Å². The zero-order valence-corrected chi connectivity index (χ0v) is 16.2. The lowest BCUT2D eigenvalue weighted by Gasteiger charge is -2.22. The zero-order chi connectivity index (χ0) is 19.1. The Bertz CT molecular complexity index is 733. The van der Waals surface area contributed by atoms with Crippen molar-refractivity contribution in [2.75, 3.05) is 14.2 Å². The quantitative estimate of drug-likeness (QED) is 0.741. The summed E-state index contributed by atoms with van der Waals surface area (Å²) in [4.78, 5) is 12.5. The molecule has 1 N–H and O–H groups in total. The lowest BCUT2D eigenvalue weighted by Crippen LogP contribution is -2.38. The summed E-state index contributed by atoms with van der Waals surface area (Å²) in [5.41, 5.74) is 0.942. The predicted molar refractivity (Wildman–Crippen MR) is 102 cm³/mol. The number of methoxy groups -OCH3 is 2. The lowest BCUT2D eigenvalue weighted by molar-refractivity contribution is -0.128. The van der Waals surface area contributed by atoms with E-state index < -0.39 is 6.10 Å². The third kappa shape index (κ3) is 5.05. The van der Waals surface area contributed by atoms with Gasteiger partial charge in [0.15, 0.2) is 17.6 Å². The Morgan fingerprint density at radius 1 is 1.08 bits per heavy atom. The molecule has 0 saturated heterocycles. The van der Waals surface area contributed by atoms with Crippen LogP contribution >= 0.6 is 11.6 Å². The van der Waals surface area contributed by atoms with Crippen LogP contribution in [0.2, 0.25) is 5.02 Å². The first-order valence-electron chi connectivity index (χ1n) is 8.43. The Morgan fingerprint density at radius 2 is 1.73 bits per heavy atom. The SMILES string of the molecule is CC[C@@H](NC(=O)[C@H](C)Oc1ccc(Cl)cc1)c1ccc(OC)c(OC)c1. The fourth-order valence-corrected chi connectivity index (χ4v) is 2.68. The summed E-state index contributed by atoms with van der Waals surface area (Å²) in [6, 6.07) is 12.4. The molecule has 2 aromatic rings. The molecule has 2 atom stereocenters. The summed E-state index contributed by atoms with van der Waals surface area (Å²) < 4.78 is 16.3. The van der Waals surface area contributed by atoms with E-state index in [2.05, 4.69) is 5.32 Å². The van der Waals surface area contributed by atoms with Gasteiger partial charge >= 0.3 is 0 Å². The average molecular weight is 378 g/mol. The molecule has 0 saturated carbocycles. The number of carbonyl (C=O) groups excluding carboxylic acids is 1. The van der Waals surface area contributed by atoms with Gasteiger partial charge in [0, 0.05) is 5.02 Å². The molecule has 0 aliphatic carbocycles. The summed E-state index contributed by atoms with van der Waals surface area (Å²) in [7, 11) is 3.18. The molecule has 0 fully saturated rings. The maximum absolute atomic E-state index is 12.5. The van der Waals surface area contributed by atoms with Crippen LogP contribution in [0.4, 0.5) is 0 Å². The molecule has 5 nitrogen and oxygen atoms in total. The van der Waals surface area contributed by atoms with Crippen molar-refractivity contribution in [2.45, 2.75) is 32.4 Å². The van der Waals surface area contributed by atoms with Crippen LogP contribution in [0, 0.1) is 0 Å². The van der Waals surface area contributed by atoms with Crippen molar-refractivity contribution >= 4 is 17.5 Å². The van der Waals surface area contributed by atoms with Crippen LogP contribution in [0.5, 0.6) is 17.2 Å². The van der Waals surface area contributed by atoms with E-state index >= 15 is 0 Å². The van der Waals surface area contributed by atoms with Gasteiger partial charge < -0.3 is 19.5 Å². The monoisotopic (exact) mass is 377 g/mol. The van der Waals surface area contributed by atoms with Crippen LogP contribution in [0.25, 0.3) is 0 Å². The molecule has 140 valence electrons. The molecule has 0 aromatic heterocycles. The van der Waals surface area contributed by atoms with Crippen molar-refractivity contribution in [1.82, 2.24) is 5.32 Å². The molecule has 0 bridgehead atoms. The minimum absolute atomic E-state index is 0.154. The summed E-state index contributed by atoms with van der Waals surface area (Å²) >= 11 is 5.86. The highest BCUT2D eigenvalue weighted by Gasteiger charge is 2.20. The third-order valence-electron chi connectivity index (χ3n) is 4.03. The molecule has 2 aromatic carbocycles. The number of carbonyl (C=O) groups is 1. The first-order chi connectivity index (χ1) is 12.5. The summed E-state index contributed by atoms with van der Waals surface area (Å²) in [6.45, 7) is 3.72. The van der Waals surface area contributed by atoms with Crippen LogP contribution in [0.15, 0.2) is 42.5 Å². The Labute approximate surface area is 159 Å². The van der Waals surface area contributed by atoms with E-state index in [1.54, 1.807) is 45.4 Å². The molecule has 26 heavy (non-hydrogen) atoms. The molecule has 1 amide bonds. The predicted octanol–water partition coefficient (Wildman–Crippen LogP) is 4.39. The lowest BCUT2D eigenvalue weighted by atomic mass is 10.0. The van der Waals surface area contributed by atoms with Gasteiger partial charge in [-0.15, -0.1) is 0 Å². The topological polar surface area (TPSA) is 56.8 Å². The highest BCUT2D eigenvalue weighted by Crippen LogP contribution is 2.31. The fraction of sp³-hybridized carbons (Fsp3) is 0.350. The largest absolute Gasteiger partial charge is 0.493 e. The van der Waals surface area contributed by atoms with Crippen molar-refractivity contribution in [2.24, 2.45) is 0 Å². The van der Waals surface area contributed by atoms with E-state index in [0.717, 1.165) is 12.0 Å². The number of ether oxygens (including phenoxy) is 3. The first kappa shape index (κ1) is 19.9. The molecule has 0 aliphatic rings. The van der Waals surface area contributed by atoms with E-state index in [-0.39, 0.29) is 11.9 Å². The molecule has 6 heteroatoms. The maximum Gasteiger partial charge on any atom is 0.261 e. The number of hydrogen-bond acceptors (Lipinski definition) is 4. The standard InChI is InChI=1S/C20H24ClNO4/c1-5-17(14-6-11-18(24-3)19(12-14)25-4)22-20(23)13(2)26-16-9-7-15(21)8-10-16/h6-13,17H,5H2,1-4H3,(H,22,23)/t13-,17+/m0/s1. The molecule has 0 radical (unpaired) electrons. The number of halogens is 1. The van der Waals surface area contributed by atoms with E-state index in [0.29, 0.717) is 22.3 Å². The Hall–Kier alpha value is -2.40. The molecule has 0 unspecified atom stereocenters. The Balaban J connectivity index is 2.06. The van der Waals surface area contributed by atoms with Gasteiger partial charge in [-0.25, -0.2) is 0 Å². The second kappa shape index (κ2) is 9.34. The Kier molecular flexibility index (Phi) is 7.16. The maximum atomic E-state index is 12.5. The second-order valence-corrected chi connectivity index (χ2v) is 6.23. The number of nitrogens with one attached hydrogen (secondary N) is 1. The normalized spacial score (nSPS) is 12.8. The van der Waals surface area contributed by atoms with Crippen molar-refractivity contribution < 1.29 is 19.0 Å². The van der Waals surface area contributed by atoms with E-state index in [1.807, 2.05) is 25.1 Å². The van der Waals surface area contributed by atoms with E-state index in [9.17, 15) is 4.79 Å². The van der Waals surface area contributed by atoms with Crippen molar-refractivity contribution in [1.29, 1.82) is 0 Å².